The van der Waals surface area contributed by atoms with E-state index in [1.54, 1.807) is 0 Å². The third-order valence-electron chi connectivity index (χ3n) is 3.11. The zero-order chi connectivity index (χ0) is 10.7. The first-order valence-corrected chi connectivity index (χ1v) is 5.55. The second-order valence-electron chi connectivity index (χ2n) is 4.99. The van der Waals surface area contributed by atoms with Gasteiger partial charge >= 0.3 is 0 Å². The Kier molecular flexibility index (Phi) is 4.77. The Morgan fingerprint density at radius 1 is 1.56 bits per heavy atom. The summed E-state index contributed by atoms with van der Waals surface area (Å²) in [5.41, 5.74) is 1.63. The van der Waals surface area contributed by atoms with Gasteiger partial charge in [-0.25, -0.2) is 0 Å². The van der Waals surface area contributed by atoms with E-state index in [9.17, 15) is 0 Å². The highest BCUT2D eigenvalue weighted by atomic mass is 35.5. The molecule has 0 spiro atoms. The van der Waals surface area contributed by atoms with Crippen molar-refractivity contribution in [2.24, 2.45) is 5.41 Å². The van der Waals surface area contributed by atoms with Gasteiger partial charge in [-0.3, -0.25) is 10.00 Å². The molecule has 0 radical (unpaired) electrons. The molecule has 0 saturated carbocycles. The number of aromatic nitrogens is 2. The molecule has 1 unspecified atom stereocenters. The van der Waals surface area contributed by atoms with Gasteiger partial charge in [-0.15, -0.1) is 12.4 Å². The fourth-order valence-electron chi connectivity index (χ4n) is 2.37. The lowest BCUT2D eigenvalue weighted by Gasteiger charge is -2.28. The predicted molar refractivity (Wildman–Crippen MR) is 67.8 cm³/mol. The van der Waals surface area contributed by atoms with Crippen molar-refractivity contribution >= 4 is 12.4 Å². The summed E-state index contributed by atoms with van der Waals surface area (Å²) >= 11 is 0. The number of hydrogen-bond acceptors (Lipinski definition) is 3. The van der Waals surface area contributed by atoms with Gasteiger partial charge in [0.2, 0.25) is 0 Å². The van der Waals surface area contributed by atoms with Gasteiger partial charge in [0, 0.05) is 31.5 Å². The zero-order valence-electron chi connectivity index (χ0n) is 9.99. The number of hydrogen-bond donors (Lipinski definition) is 2. The standard InChI is InChI=1S/C11H20N4.ClH/c1-11(4-6-12-8-11)9-15(2)7-10-3-5-13-14-10;/h3,5,12H,4,6-9H2,1-2H3,(H,13,14);1H. The molecule has 1 aromatic rings. The van der Waals surface area contributed by atoms with Gasteiger partial charge in [0.05, 0.1) is 0 Å². The molecular formula is C11H21ClN4. The molecule has 1 aliphatic heterocycles. The van der Waals surface area contributed by atoms with Gasteiger partial charge in [-0.1, -0.05) is 6.92 Å². The highest BCUT2D eigenvalue weighted by Gasteiger charge is 2.29. The third-order valence-corrected chi connectivity index (χ3v) is 3.11. The fourth-order valence-corrected chi connectivity index (χ4v) is 2.37. The summed E-state index contributed by atoms with van der Waals surface area (Å²) in [5.74, 6) is 0. The van der Waals surface area contributed by atoms with Gasteiger partial charge in [-0.05, 0) is 31.5 Å². The molecule has 1 aromatic heterocycles. The van der Waals surface area contributed by atoms with E-state index in [0.29, 0.717) is 5.41 Å². The van der Waals surface area contributed by atoms with E-state index in [2.05, 4.69) is 34.4 Å². The quantitative estimate of drug-likeness (QED) is 0.838. The third kappa shape index (κ3) is 3.47. The molecule has 1 aliphatic rings. The highest BCUT2D eigenvalue weighted by Crippen LogP contribution is 2.25. The van der Waals surface area contributed by atoms with Crippen LogP contribution in [0.3, 0.4) is 0 Å². The molecule has 5 heteroatoms. The number of nitrogens with one attached hydrogen (secondary N) is 2. The molecule has 2 N–H and O–H groups in total. The van der Waals surface area contributed by atoms with Gasteiger partial charge in [0.25, 0.3) is 0 Å². The Labute approximate surface area is 103 Å². The summed E-state index contributed by atoms with van der Waals surface area (Å²) in [5, 5.41) is 10.4. The zero-order valence-corrected chi connectivity index (χ0v) is 10.8. The smallest absolute Gasteiger partial charge is 0.0492 e. The van der Waals surface area contributed by atoms with Gasteiger partial charge in [0.15, 0.2) is 0 Å². The lowest BCUT2D eigenvalue weighted by atomic mass is 9.89. The van der Waals surface area contributed by atoms with Crippen LogP contribution < -0.4 is 5.32 Å². The maximum atomic E-state index is 3.96. The highest BCUT2D eigenvalue weighted by molar-refractivity contribution is 5.85. The van der Waals surface area contributed by atoms with Crippen molar-refractivity contribution in [3.8, 4) is 0 Å². The minimum absolute atomic E-state index is 0. The fraction of sp³-hybridized carbons (Fsp3) is 0.727. The van der Waals surface area contributed by atoms with Crippen molar-refractivity contribution in [3.05, 3.63) is 18.0 Å². The number of rotatable bonds is 4. The average Bonchev–Trinajstić information content (AvgIpc) is 2.76. The van der Waals surface area contributed by atoms with Crippen LogP contribution in [0.2, 0.25) is 0 Å². The Balaban J connectivity index is 0.00000128. The Morgan fingerprint density at radius 3 is 2.94 bits per heavy atom. The molecule has 4 nitrogen and oxygen atoms in total. The minimum atomic E-state index is 0. The van der Waals surface area contributed by atoms with E-state index in [1.807, 2.05) is 12.3 Å². The van der Waals surface area contributed by atoms with Gasteiger partial charge < -0.3 is 5.32 Å². The molecule has 1 atom stereocenters. The molecular weight excluding hydrogens is 224 g/mol. The summed E-state index contributed by atoms with van der Waals surface area (Å²) < 4.78 is 0. The molecule has 0 aromatic carbocycles. The molecule has 0 aliphatic carbocycles. The predicted octanol–water partition coefficient (Wildman–Crippen LogP) is 1.26. The first-order valence-electron chi connectivity index (χ1n) is 5.55. The lowest BCUT2D eigenvalue weighted by Crippen LogP contribution is -2.34. The number of aromatic amines is 1. The van der Waals surface area contributed by atoms with Gasteiger partial charge in [0.1, 0.15) is 0 Å². The number of H-pyrrole nitrogens is 1. The van der Waals surface area contributed by atoms with Crippen LogP contribution in [-0.2, 0) is 6.54 Å². The van der Waals surface area contributed by atoms with Crippen LogP contribution in [0.25, 0.3) is 0 Å². The van der Waals surface area contributed by atoms with E-state index in [1.165, 1.54) is 12.1 Å². The van der Waals surface area contributed by atoms with Crippen molar-refractivity contribution in [3.63, 3.8) is 0 Å². The molecule has 0 bridgehead atoms. The molecule has 0 amide bonds. The van der Waals surface area contributed by atoms with Crippen LogP contribution in [0.1, 0.15) is 19.0 Å². The molecule has 92 valence electrons. The Hall–Kier alpha value is -0.580. The van der Waals surface area contributed by atoms with Gasteiger partial charge in [-0.2, -0.15) is 5.10 Å². The van der Waals surface area contributed by atoms with E-state index in [-0.39, 0.29) is 12.4 Å². The SMILES string of the molecule is CN(Cc1ccn[nH]1)CC1(C)CCNC1.Cl. The van der Waals surface area contributed by atoms with Crippen molar-refractivity contribution < 1.29 is 0 Å². The molecule has 16 heavy (non-hydrogen) atoms. The summed E-state index contributed by atoms with van der Waals surface area (Å²) in [4.78, 5) is 2.36. The van der Waals surface area contributed by atoms with E-state index in [0.717, 1.165) is 26.2 Å². The average molecular weight is 245 g/mol. The molecule has 2 rings (SSSR count). The van der Waals surface area contributed by atoms with E-state index < -0.39 is 0 Å². The number of nitrogens with zero attached hydrogens (tertiary/aromatic N) is 2. The first-order chi connectivity index (χ1) is 7.18. The van der Waals surface area contributed by atoms with Crippen LogP contribution in [0.15, 0.2) is 12.3 Å². The van der Waals surface area contributed by atoms with Crippen LogP contribution in [-0.4, -0.2) is 41.8 Å². The summed E-state index contributed by atoms with van der Waals surface area (Å²) in [6, 6.07) is 2.03. The first kappa shape index (κ1) is 13.5. The monoisotopic (exact) mass is 244 g/mol. The minimum Gasteiger partial charge on any atom is -0.316 e. The molecule has 1 saturated heterocycles. The van der Waals surface area contributed by atoms with Crippen molar-refractivity contribution in [1.82, 2.24) is 20.4 Å². The van der Waals surface area contributed by atoms with E-state index >= 15 is 0 Å². The second kappa shape index (κ2) is 5.66. The van der Waals surface area contributed by atoms with Crippen LogP contribution in [0.4, 0.5) is 0 Å². The largest absolute Gasteiger partial charge is 0.316 e. The van der Waals surface area contributed by atoms with Crippen molar-refractivity contribution in [2.45, 2.75) is 19.9 Å². The summed E-state index contributed by atoms with van der Waals surface area (Å²) in [6.07, 6.45) is 3.09. The van der Waals surface area contributed by atoms with Crippen molar-refractivity contribution in [2.75, 3.05) is 26.7 Å². The number of halogens is 1. The van der Waals surface area contributed by atoms with E-state index in [4.69, 9.17) is 0 Å². The lowest BCUT2D eigenvalue weighted by molar-refractivity contribution is 0.202. The summed E-state index contributed by atoms with van der Waals surface area (Å²) in [7, 11) is 2.17. The Morgan fingerprint density at radius 2 is 2.38 bits per heavy atom. The van der Waals surface area contributed by atoms with Crippen LogP contribution in [0.5, 0.6) is 0 Å². The summed E-state index contributed by atoms with van der Waals surface area (Å²) in [6.45, 7) is 6.75. The van der Waals surface area contributed by atoms with Crippen LogP contribution >= 0.6 is 12.4 Å². The van der Waals surface area contributed by atoms with Crippen molar-refractivity contribution in [1.29, 1.82) is 0 Å². The molecule has 1 fully saturated rings. The maximum absolute atomic E-state index is 3.96. The Bertz CT molecular complexity index is 293. The molecule has 2 heterocycles. The second-order valence-corrected chi connectivity index (χ2v) is 4.99. The topological polar surface area (TPSA) is 44.0 Å². The van der Waals surface area contributed by atoms with Crippen LogP contribution in [0, 0.1) is 5.41 Å². The normalized spacial score (nSPS) is 24.7. The maximum Gasteiger partial charge on any atom is 0.0492 e.